The molecule has 1 atom stereocenters. The molecular weight excluding hydrogens is 252 g/mol. The first-order valence-corrected chi connectivity index (χ1v) is 5.98. The summed E-state index contributed by atoms with van der Waals surface area (Å²) in [4.78, 5) is 0. The van der Waals surface area contributed by atoms with Crippen molar-refractivity contribution in [2.24, 2.45) is 5.92 Å². The van der Waals surface area contributed by atoms with E-state index in [1.54, 1.807) is 18.2 Å². The van der Waals surface area contributed by atoms with Crippen molar-refractivity contribution >= 4 is 0 Å². The van der Waals surface area contributed by atoms with Crippen LogP contribution in [0.2, 0.25) is 0 Å². The number of hydrogen-bond acceptors (Lipinski definition) is 6. The zero-order chi connectivity index (χ0) is 14.1. The van der Waals surface area contributed by atoms with E-state index in [0.29, 0.717) is 11.5 Å². The molecule has 0 radical (unpaired) electrons. The molecular formula is C13H20O6. The minimum Gasteiger partial charge on any atom is -0.493 e. The summed E-state index contributed by atoms with van der Waals surface area (Å²) in [6.07, 6.45) is -1.13. The van der Waals surface area contributed by atoms with Crippen LogP contribution in [0.5, 0.6) is 11.5 Å². The first kappa shape index (κ1) is 15.7. The first-order valence-electron chi connectivity index (χ1n) is 5.98. The fourth-order valence-corrected chi connectivity index (χ4v) is 1.36. The maximum Gasteiger partial charge on any atom is 0.189 e. The fraction of sp³-hybridized carbons (Fsp3) is 0.538. The van der Waals surface area contributed by atoms with E-state index in [-0.39, 0.29) is 26.4 Å². The smallest absolute Gasteiger partial charge is 0.189 e. The second-order valence-electron chi connectivity index (χ2n) is 3.98. The number of methoxy groups -OCH3 is 1. The Kier molecular flexibility index (Phi) is 7.20. The van der Waals surface area contributed by atoms with E-state index < -0.39 is 12.2 Å². The van der Waals surface area contributed by atoms with Gasteiger partial charge in [0, 0.05) is 5.92 Å². The molecule has 19 heavy (non-hydrogen) atoms. The highest BCUT2D eigenvalue weighted by atomic mass is 16.6. The van der Waals surface area contributed by atoms with E-state index >= 15 is 0 Å². The van der Waals surface area contributed by atoms with E-state index in [1.807, 2.05) is 6.07 Å². The molecule has 6 nitrogen and oxygen atoms in total. The predicted octanol–water partition coefficient (Wildman–Crippen LogP) is 0.00980. The molecule has 0 heterocycles. The van der Waals surface area contributed by atoms with Crippen LogP contribution in [0.25, 0.3) is 0 Å². The highest BCUT2D eigenvalue weighted by molar-refractivity contribution is 5.39. The lowest BCUT2D eigenvalue weighted by Crippen LogP contribution is -2.27. The fourth-order valence-electron chi connectivity index (χ4n) is 1.36. The summed E-state index contributed by atoms with van der Waals surface area (Å²) in [6, 6.07) is 7.07. The molecule has 108 valence electrons. The Labute approximate surface area is 112 Å². The number of rotatable bonds is 9. The molecule has 3 N–H and O–H groups in total. The van der Waals surface area contributed by atoms with Crippen LogP contribution >= 0.6 is 0 Å². The zero-order valence-corrected chi connectivity index (χ0v) is 10.9. The standard InChI is InChI=1S/C13H20O6/c1-17-11-4-2-3-5-12(11)18-9-13(16)19-8-10(6-14)7-15/h2-5,10,13-16H,6-9H2,1H3. The molecule has 1 aromatic carbocycles. The lowest BCUT2D eigenvalue weighted by molar-refractivity contribution is -0.134. The third-order valence-electron chi connectivity index (χ3n) is 2.49. The number of aliphatic hydroxyl groups excluding tert-OH is 3. The molecule has 1 unspecified atom stereocenters. The summed E-state index contributed by atoms with van der Waals surface area (Å²) in [6.45, 7) is -0.402. The topological polar surface area (TPSA) is 88.4 Å². The van der Waals surface area contributed by atoms with Crippen molar-refractivity contribution in [1.29, 1.82) is 0 Å². The van der Waals surface area contributed by atoms with Gasteiger partial charge in [0.2, 0.25) is 0 Å². The third-order valence-corrected chi connectivity index (χ3v) is 2.49. The van der Waals surface area contributed by atoms with Gasteiger partial charge in [-0.1, -0.05) is 12.1 Å². The number of ether oxygens (including phenoxy) is 3. The Morgan fingerprint density at radius 2 is 1.68 bits per heavy atom. The average molecular weight is 272 g/mol. The molecule has 0 aliphatic heterocycles. The van der Waals surface area contributed by atoms with Gasteiger partial charge in [-0.2, -0.15) is 0 Å². The zero-order valence-electron chi connectivity index (χ0n) is 10.9. The predicted molar refractivity (Wildman–Crippen MR) is 68.1 cm³/mol. The van der Waals surface area contributed by atoms with Gasteiger partial charge in [0.25, 0.3) is 0 Å². The second-order valence-corrected chi connectivity index (χ2v) is 3.98. The average Bonchev–Trinajstić information content (AvgIpc) is 2.46. The van der Waals surface area contributed by atoms with Gasteiger partial charge < -0.3 is 29.5 Å². The Bertz CT molecular complexity index is 353. The van der Waals surface area contributed by atoms with E-state index in [2.05, 4.69) is 0 Å². The third kappa shape index (κ3) is 5.44. The van der Waals surface area contributed by atoms with Gasteiger partial charge in [0.05, 0.1) is 26.9 Å². The molecule has 6 heteroatoms. The molecule has 0 saturated heterocycles. The minimum atomic E-state index is -1.13. The van der Waals surface area contributed by atoms with E-state index in [0.717, 1.165) is 0 Å². The highest BCUT2D eigenvalue weighted by Gasteiger charge is 2.12. The molecule has 0 aromatic heterocycles. The molecule has 0 aliphatic carbocycles. The SMILES string of the molecule is COc1ccccc1OCC(O)OCC(CO)CO. The van der Waals surface area contributed by atoms with Crippen LogP contribution in [0.1, 0.15) is 0 Å². The van der Waals surface area contributed by atoms with Crippen LogP contribution in [0.3, 0.4) is 0 Å². The summed E-state index contributed by atoms with van der Waals surface area (Å²) in [5.74, 6) is 0.674. The van der Waals surface area contributed by atoms with Gasteiger partial charge in [-0.3, -0.25) is 0 Å². The van der Waals surface area contributed by atoms with Gasteiger partial charge in [-0.05, 0) is 12.1 Å². The van der Waals surface area contributed by atoms with Crippen LogP contribution in [0.4, 0.5) is 0 Å². The van der Waals surface area contributed by atoms with Crippen molar-refractivity contribution < 1.29 is 29.5 Å². The molecule has 0 amide bonds. The van der Waals surface area contributed by atoms with Crippen LogP contribution in [0.15, 0.2) is 24.3 Å². The molecule has 0 fully saturated rings. The highest BCUT2D eigenvalue weighted by Crippen LogP contribution is 2.25. The molecule has 0 aliphatic rings. The number of benzene rings is 1. The molecule has 0 bridgehead atoms. The molecule has 1 aromatic rings. The van der Waals surface area contributed by atoms with E-state index in [4.69, 9.17) is 24.4 Å². The Hall–Kier alpha value is -1.34. The number of aliphatic hydroxyl groups is 3. The van der Waals surface area contributed by atoms with Gasteiger partial charge in [0.1, 0.15) is 6.61 Å². The number of hydrogen-bond donors (Lipinski definition) is 3. The quantitative estimate of drug-likeness (QED) is 0.549. The maximum absolute atomic E-state index is 9.56. The summed E-state index contributed by atoms with van der Waals surface area (Å²) >= 11 is 0. The lowest BCUT2D eigenvalue weighted by atomic mass is 10.2. The Morgan fingerprint density at radius 1 is 1.05 bits per heavy atom. The largest absolute Gasteiger partial charge is 0.493 e. The summed E-state index contributed by atoms with van der Waals surface area (Å²) in [5.41, 5.74) is 0. The molecule has 0 saturated carbocycles. The van der Waals surface area contributed by atoms with Crippen molar-refractivity contribution in [3.05, 3.63) is 24.3 Å². The Morgan fingerprint density at radius 3 is 2.26 bits per heavy atom. The van der Waals surface area contributed by atoms with Gasteiger partial charge in [0.15, 0.2) is 17.8 Å². The minimum absolute atomic E-state index is 0.0590. The van der Waals surface area contributed by atoms with E-state index in [9.17, 15) is 5.11 Å². The van der Waals surface area contributed by atoms with Gasteiger partial charge in [-0.15, -0.1) is 0 Å². The lowest BCUT2D eigenvalue weighted by Gasteiger charge is -2.17. The second kappa shape index (κ2) is 8.71. The summed E-state index contributed by atoms with van der Waals surface area (Å²) in [5, 5.41) is 27.3. The maximum atomic E-state index is 9.56. The van der Waals surface area contributed by atoms with Crippen molar-refractivity contribution in [3.63, 3.8) is 0 Å². The molecule has 0 spiro atoms. The van der Waals surface area contributed by atoms with E-state index in [1.165, 1.54) is 7.11 Å². The summed E-state index contributed by atoms with van der Waals surface area (Å²) < 4.78 is 15.5. The monoisotopic (exact) mass is 272 g/mol. The van der Waals surface area contributed by atoms with Crippen molar-refractivity contribution in [2.45, 2.75) is 6.29 Å². The van der Waals surface area contributed by atoms with Crippen molar-refractivity contribution in [3.8, 4) is 11.5 Å². The van der Waals surface area contributed by atoms with Crippen molar-refractivity contribution in [2.75, 3.05) is 33.5 Å². The normalized spacial score (nSPS) is 12.5. The van der Waals surface area contributed by atoms with Crippen LogP contribution in [-0.2, 0) is 4.74 Å². The Balaban J connectivity index is 2.35. The van der Waals surface area contributed by atoms with Crippen LogP contribution in [0, 0.1) is 5.92 Å². The summed E-state index contributed by atoms with van der Waals surface area (Å²) in [7, 11) is 1.53. The first-order chi connectivity index (χ1) is 9.21. The van der Waals surface area contributed by atoms with Crippen LogP contribution in [-0.4, -0.2) is 55.1 Å². The molecule has 1 rings (SSSR count). The number of para-hydroxylation sites is 2. The van der Waals surface area contributed by atoms with Crippen LogP contribution < -0.4 is 9.47 Å². The van der Waals surface area contributed by atoms with Gasteiger partial charge in [-0.25, -0.2) is 0 Å². The van der Waals surface area contributed by atoms with Gasteiger partial charge >= 0.3 is 0 Å². The van der Waals surface area contributed by atoms with Crippen molar-refractivity contribution in [1.82, 2.24) is 0 Å².